The first-order valence-electron chi connectivity index (χ1n) is 18.4. The number of terminal acetylenes is 2. The molecule has 4 heterocycles. The molecule has 0 aliphatic carbocycles. The third-order valence-electron chi connectivity index (χ3n) is 8.54. The number of carboxylic acids is 1. The summed E-state index contributed by atoms with van der Waals surface area (Å²) < 4.78 is 11.8. The summed E-state index contributed by atoms with van der Waals surface area (Å²) in [5.41, 5.74) is 28.3. The van der Waals surface area contributed by atoms with Crippen molar-refractivity contribution in [1.82, 2.24) is 45.2 Å². The predicted molar refractivity (Wildman–Crippen MR) is 237 cm³/mol. The van der Waals surface area contributed by atoms with E-state index >= 15 is 0 Å². The minimum Gasteiger partial charge on any atom is -0.478 e. The van der Waals surface area contributed by atoms with Crippen LogP contribution >= 0.6 is 7.14 Å². The number of hydrogen-bond donors (Lipinski definition) is 6. The lowest BCUT2D eigenvalue weighted by Gasteiger charge is -2.15. The van der Waals surface area contributed by atoms with Gasteiger partial charge in [0.2, 0.25) is 11.9 Å². The highest BCUT2D eigenvalue weighted by Gasteiger charge is 2.18. The van der Waals surface area contributed by atoms with E-state index in [1.807, 2.05) is 26.0 Å². The maximum atomic E-state index is 12.3. The number of amides is 1. The zero-order valence-electron chi connectivity index (χ0n) is 33.1. The minimum absolute atomic E-state index is 0. The molecule has 6 aromatic rings. The van der Waals surface area contributed by atoms with Crippen LogP contribution in [0.2, 0.25) is 0 Å². The van der Waals surface area contributed by atoms with Crippen molar-refractivity contribution in [2.45, 2.75) is 58.8 Å². The number of fused-ring (bicyclic) bond motifs is 2. The van der Waals surface area contributed by atoms with E-state index in [9.17, 15) is 14.2 Å². The number of aromatic carboxylic acids is 1. The molecule has 0 aliphatic heterocycles. The van der Waals surface area contributed by atoms with E-state index in [1.54, 1.807) is 62.1 Å². The molecule has 4 aromatic heterocycles. The Hall–Kier alpha value is -7.23. The second kappa shape index (κ2) is 21.5. The first-order chi connectivity index (χ1) is 28.1. The SMILES string of the molecule is C.C#CCC(Cc1cnc2nc(N)nc(N)c2n1)c1ccc(C(=O)NCP(C)(C)=O)cc1.C#CCC(Cc1cnc2nc(N)nc(N)c2n1)c1ccc(C(=O)O)cc1.CC. The molecule has 2 unspecified atom stereocenters. The number of nitrogens with zero attached hydrogens (tertiary/aromatic N) is 8. The molecule has 0 bridgehead atoms. The molecular formula is C42H50N13O4P. The summed E-state index contributed by atoms with van der Waals surface area (Å²) in [4.78, 5) is 56.6. The van der Waals surface area contributed by atoms with Crippen LogP contribution in [0.1, 0.15) is 89.2 Å². The topological polar surface area (TPSA) is 291 Å². The molecule has 0 fully saturated rings. The predicted octanol–water partition coefficient (Wildman–Crippen LogP) is 5.54. The van der Waals surface area contributed by atoms with Gasteiger partial charge in [0.15, 0.2) is 34.0 Å². The smallest absolute Gasteiger partial charge is 0.335 e. The van der Waals surface area contributed by atoms with E-state index in [0.29, 0.717) is 65.0 Å². The normalized spacial score (nSPS) is 11.6. The Bertz CT molecular complexity index is 2570. The summed E-state index contributed by atoms with van der Waals surface area (Å²) >= 11 is 0. The number of aromatic nitrogens is 8. The first kappa shape index (κ1) is 47.1. The molecule has 6 rings (SSSR count). The lowest BCUT2D eigenvalue weighted by Crippen LogP contribution is -2.24. The highest BCUT2D eigenvalue weighted by molar-refractivity contribution is 7.62. The number of hydrogen-bond acceptors (Lipinski definition) is 15. The van der Waals surface area contributed by atoms with Crippen LogP contribution in [-0.4, -0.2) is 76.5 Å². The molecule has 18 heteroatoms. The van der Waals surface area contributed by atoms with Gasteiger partial charge < -0.3 is 37.9 Å². The van der Waals surface area contributed by atoms with E-state index in [1.165, 1.54) is 0 Å². The van der Waals surface area contributed by atoms with Gasteiger partial charge in [-0.1, -0.05) is 45.5 Å². The van der Waals surface area contributed by atoms with Crippen molar-refractivity contribution < 1.29 is 19.3 Å². The number of rotatable bonds is 12. The largest absolute Gasteiger partial charge is 0.478 e. The van der Waals surface area contributed by atoms with Crippen LogP contribution < -0.4 is 28.3 Å². The van der Waals surface area contributed by atoms with Crippen LogP contribution in [0.3, 0.4) is 0 Å². The van der Waals surface area contributed by atoms with Gasteiger partial charge in [-0.2, -0.15) is 19.9 Å². The highest BCUT2D eigenvalue weighted by atomic mass is 31.2. The number of nitrogens with two attached hydrogens (primary N) is 4. The standard InChI is InChI=1S/C21H24N7O2P.C18H16N6O2.C2H6.CH4/c1-4-5-15(10-16-11-24-19-17(26-16)18(22)27-21(23)28-19)13-6-8-14(9-7-13)20(29)25-12-31(2,3)30;1-2-3-12(10-4-6-11(7-5-10)17(25)26)8-13-9-21-16-14(22-13)15(19)23-18(20)24-16;1-2;/h1,6-9,11,15H,5,10,12H2,2-3H3,(H,25,29)(H4,22,23,24,27,28);1,4-7,9,12H,3,8H2,(H,25,26)(H4,19,20,21,23,24);1-2H3;1H4. The molecule has 312 valence electrons. The van der Waals surface area contributed by atoms with Gasteiger partial charge in [0, 0.05) is 30.2 Å². The van der Waals surface area contributed by atoms with Gasteiger partial charge in [-0.25, -0.2) is 24.7 Å². The van der Waals surface area contributed by atoms with Gasteiger partial charge in [0.25, 0.3) is 5.91 Å². The van der Waals surface area contributed by atoms with E-state index in [-0.39, 0.29) is 60.6 Å². The molecule has 60 heavy (non-hydrogen) atoms. The van der Waals surface area contributed by atoms with Crippen molar-refractivity contribution in [2.75, 3.05) is 42.6 Å². The summed E-state index contributed by atoms with van der Waals surface area (Å²) in [7, 11) is -2.33. The monoisotopic (exact) mass is 831 g/mol. The second-order valence-corrected chi connectivity index (χ2v) is 16.9. The maximum Gasteiger partial charge on any atom is 0.335 e. The van der Waals surface area contributed by atoms with Crippen LogP contribution in [0, 0.1) is 24.7 Å². The Morgan fingerprint density at radius 3 is 1.47 bits per heavy atom. The van der Waals surface area contributed by atoms with Gasteiger partial charge in [-0.05, 0) is 61.6 Å². The Balaban J connectivity index is 0.000000307. The Kier molecular flexibility index (Phi) is 16.9. The summed E-state index contributed by atoms with van der Waals surface area (Å²) in [5.74, 6) is 4.46. The number of carboxylic acid groups (broad SMARTS) is 1. The molecule has 0 saturated heterocycles. The van der Waals surface area contributed by atoms with Gasteiger partial charge in [-0.3, -0.25) is 4.79 Å². The molecule has 0 spiro atoms. The zero-order chi connectivity index (χ0) is 43.3. The summed E-state index contributed by atoms with van der Waals surface area (Å²) in [6, 6.07) is 13.8. The van der Waals surface area contributed by atoms with E-state index in [0.717, 1.165) is 11.1 Å². The lowest BCUT2D eigenvalue weighted by molar-refractivity contribution is 0.0696. The summed E-state index contributed by atoms with van der Waals surface area (Å²) in [6.45, 7) is 7.26. The van der Waals surface area contributed by atoms with Crippen molar-refractivity contribution in [3.63, 3.8) is 0 Å². The fourth-order valence-corrected chi connectivity index (χ4v) is 6.26. The third-order valence-corrected chi connectivity index (χ3v) is 9.46. The molecule has 0 radical (unpaired) electrons. The number of anilines is 4. The van der Waals surface area contributed by atoms with Gasteiger partial charge >= 0.3 is 5.97 Å². The average molecular weight is 832 g/mol. The number of benzene rings is 2. The Morgan fingerprint density at radius 1 is 0.700 bits per heavy atom. The maximum absolute atomic E-state index is 12.3. The minimum atomic E-state index is -2.33. The Morgan fingerprint density at radius 2 is 1.10 bits per heavy atom. The highest BCUT2D eigenvalue weighted by Crippen LogP contribution is 2.33. The molecule has 2 atom stereocenters. The number of carbonyl (C=O) groups is 2. The fraction of sp³-hybridized carbons (Fsp3) is 0.286. The number of nitrogen functional groups attached to an aromatic ring is 4. The third kappa shape index (κ3) is 12.9. The van der Waals surface area contributed by atoms with Crippen molar-refractivity contribution >= 4 is 64.9 Å². The van der Waals surface area contributed by atoms with Crippen molar-refractivity contribution in [2.24, 2.45) is 0 Å². The van der Waals surface area contributed by atoms with Gasteiger partial charge in [0.05, 0.1) is 35.6 Å². The molecular weight excluding hydrogens is 782 g/mol. The molecule has 17 nitrogen and oxygen atoms in total. The molecule has 0 saturated carbocycles. The fourth-order valence-electron chi connectivity index (χ4n) is 5.74. The quantitative estimate of drug-likeness (QED) is 0.0652. The number of carbonyl (C=O) groups excluding carboxylic acids is 1. The van der Waals surface area contributed by atoms with Gasteiger partial charge in [0.1, 0.15) is 7.14 Å². The summed E-state index contributed by atoms with van der Waals surface area (Å²) in [5, 5.41) is 11.7. The van der Waals surface area contributed by atoms with Crippen molar-refractivity contribution in [3.8, 4) is 24.7 Å². The molecule has 1 amide bonds. The molecule has 0 aliphatic rings. The lowest BCUT2D eigenvalue weighted by atomic mass is 9.91. The van der Waals surface area contributed by atoms with Crippen LogP contribution in [0.25, 0.3) is 22.3 Å². The molecule has 10 N–H and O–H groups in total. The number of nitrogens with one attached hydrogen (secondary N) is 1. The van der Waals surface area contributed by atoms with Crippen LogP contribution in [-0.2, 0) is 17.4 Å². The molecule has 2 aromatic carbocycles. The van der Waals surface area contributed by atoms with Crippen LogP contribution in [0.5, 0.6) is 0 Å². The van der Waals surface area contributed by atoms with Crippen LogP contribution in [0.15, 0.2) is 60.9 Å². The van der Waals surface area contributed by atoms with Crippen molar-refractivity contribution in [1.29, 1.82) is 0 Å². The van der Waals surface area contributed by atoms with Gasteiger partial charge in [-0.15, -0.1) is 24.7 Å². The first-order valence-corrected chi connectivity index (χ1v) is 21.1. The summed E-state index contributed by atoms with van der Waals surface area (Å²) in [6.07, 6.45) is 16.4. The Labute approximate surface area is 349 Å². The van der Waals surface area contributed by atoms with E-state index in [2.05, 4.69) is 57.0 Å². The van der Waals surface area contributed by atoms with E-state index < -0.39 is 13.1 Å². The van der Waals surface area contributed by atoms with Crippen molar-refractivity contribution in [3.05, 3.63) is 94.6 Å². The average Bonchev–Trinajstić information content (AvgIpc) is 3.21. The second-order valence-electron chi connectivity index (χ2n) is 13.4. The zero-order valence-corrected chi connectivity index (χ0v) is 34.0. The van der Waals surface area contributed by atoms with E-state index in [4.69, 9.17) is 40.9 Å². The van der Waals surface area contributed by atoms with Crippen LogP contribution in [0.4, 0.5) is 23.5 Å².